The van der Waals surface area contributed by atoms with Gasteiger partial charge in [0.15, 0.2) is 0 Å². The van der Waals surface area contributed by atoms with Gasteiger partial charge in [0, 0.05) is 43.8 Å². The van der Waals surface area contributed by atoms with Crippen LogP contribution in [0.3, 0.4) is 0 Å². The molecule has 2 N–H and O–H groups in total. The third-order valence-corrected chi connectivity index (χ3v) is 9.71. The number of rotatable bonds is 5. The van der Waals surface area contributed by atoms with Gasteiger partial charge in [0.1, 0.15) is 16.9 Å². The molecule has 7 aromatic carbocycles. The van der Waals surface area contributed by atoms with Gasteiger partial charge in [-0.05, 0) is 47.0 Å². The Morgan fingerprint density at radius 2 is 1.10 bits per heavy atom. The maximum Gasteiger partial charge on any atom is 0.136 e. The lowest BCUT2D eigenvalue weighted by Gasteiger charge is -2.34. The number of anilines is 1. The van der Waals surface area contributed by atoms with Crippen molar-refractivity contribution in [3.8, 4) is 11.1 Å². The van der Waals surface area contributed by atoms with Gasteiger partial charge in [-0.25, -0.2) is 10.5 Å². The van der Waals surface area contributed by atoms with Gasteiger partial charge in [-0.15, -0.1) is 0 Å². The Kier molecular flexibility index (Phi) is 6.42. The number of nitrogens with zero attached hydrogens (tertiary/aromatic N) is 2. The lowest BCUT2D eigenvalue weighted by Crippen LogP contribution is -2.39. The third-order valence-electron chi connectivity index (χ3n) is 9.71. The summed E-state index contributed by atoms with van der Waals surface area (Å²) in [6, 6.07) is 59.3. The van der Waals surface area contributed by atoms with Crippen LogP contribution in [0.1, 0.15) is 16.7 Å². The summed E-state index contributed by atoms with van der Waals surface area (Å²) < 4.78 is 6.40. The number of H-pyrrole nitrogens is 1. The molecule has 1 aliphatic heterocycles. The summed E-state index contributed by atoms with van der Waals surface area (Å²) in [5.74, 6) is 0. The van der Waals surface area contributed by atoms with Crippen LogP contribution in [-0.2, 0) is 0 Å². The van der Waals surface area contributed by atoms with Gasteiger partial charge < -0.3 is 9.40 Å². The zero-order valence-corrected chi connectivity index (χ0v) is 27.0. The van der Waals surface area contributed by atoms with Crippen molar-refractivity contribution in [2.45, 2.75) is 0 Å². The summed E-state index contributed by atoms with van der Waals surface area (Å²) in [7, 11) is 0. The molecule has 236 valence electrons. The number of hydrazone groups is 1. The van der Waals surface area contributed by atoms with Crippen LogP contribution in [-0.4, -0.2) is 10.7 Å². The van der Waals surface area contributed by atoms with Crippen LogP contribution < -0.4 is 10.5 Å². The number of allylic oxidation sites excluding steroid dienone is 1. The molecule has 0 fully saturated rings. The second-order valence-electron chi connectivity index (χ2n) is 12.5. The van der Waals surface area contributed by atoms with Crippen LogP contribution in [0, 0.1) is 0 Å². The van der Waals surface area contributed by atoms with E-state index in [1.165, 1.54) is 10.8 Å². The number of para-hydroxylation sites is 4. The van der Waals surface area contributed by atoms with Gasteiger partial charge in [0.25, 0.3) is 0 Å². The SMILES string of the molecule is c1ccc(-c2ccccc2C2=C(c3cccc4c3[nH]c3ccccc34)N(c3ccccc3)NN=C2c2cccc3oc4ccccc4c23)cc1. The maximum atomic E-state index is 6.40. The van der Waals surface area contributed by atoms with Gasteiger partial charge >= 0.3 is 0 Å². The van der Waals surface area contributed by atoms with E-state index < -0.39 is 0 Å². The quantitative estimate of drug-likeness (QED) is 0.196. The Bertz CT molecular complexity index is 2790. The Balaban J connectivity index is 1.37. The molecule has 1 aliphatic rings. The van der Waals surface area contributed by atoms with E-state index >= 15 is 0 Å². The van der Waals surface area contributed by atoms with E-state index in [2.05, 4.69) is 161 Å². The largest absolute Gasteiger partial charge is 0.456 e. The van der Waals surface area contributed by atoms with Crippen molar-refractivity contribution in [3.63, 3.8) is 0 Å². The normalized spacial score (nSPS) is 13.4. The van der Waals surface area contributed by atoms with Gasteiger partial charge in [0.2, 0.25) is 0 Å². The number of fused-ring (bicyclic) bond motifs is 6. The van der Waals surface area contributed by atoms with Crippen molar-refractivity contribution in [1.29, 1.82) is 0 Å². The van der Waals surface area contributed by atoms with E-state index in [9.17, 15) is 0 Å². The number of aromatic amines is 1. The first-order valence-corrected chi connectivity index (χ1v) is 16.8. The highest BCUT2D eigenvalue weighted by Gasteiger charge is 2.32. The molecule has 10 rings (SSSR count). The van der Waals surface area contributed by atoms with Gasteiger partial charge in [-0.1, -0.05) is 140 Å². The van der Waals surface area contributed by atoms with E-state index in [1.54, 1.807) is 0 Å². The van der Waals surface area contributed by atoms with Crippen molar-refractivity contribution < 1.29 is 4.42 Å². The predicted octanol–water partition coefficient (Wildman–Crippen LogP) is 11.2. The van der Waals surface area contributed by atoms with Crippen LogP contribution in [0.2, 0.25) is 0 Å². The number of hydrazine groups is 1. The molecule has 3 heterocycles. The predicted molar refractivity (Wildman–Crippen MR) is 207 cm³/mol. The van der Waals surface area contributed by atoms with Crippen LogP contribution in [0.5, 0.6) is 0 Å². The average Bonchev–Trinajstić information content (AvgIpc) is 3.77. The average molecular weight is 643 g/mol. The summed E-state index contributed by atoms with van der Waals surface area (Å²) in [5, 5.41) is 11.8. The summed E-state index contributed by atoms with van der Waals surface area (Å²) in [6.07, 6.45) is 0. The Labute approximate surface area is 288 Å². The van der Waals surface area contributed by atoms with Gasteiger partial charge in [-0.3, -0.25) is 0 Å². The number of hydrogen-bond donors (Lipinski definition) is 2. The van der Waals surface area contributed by atoms with Crippen LogP contribution in [0.15, 0.2) is 179 Å². The molecule has 0 radical (unpaired) electrons. The smallest absolute Gasteiger partial charge is 0.136 e. The van der Waals surface area contributed by atoms with Crippen molar-refractivity contribution >= 4 is 66.4 Å². The molecule has 0 saturated heterocycles. The highest BCUT2D eigenvalue weighted by Crippen LogP contribution is 2.44. The Hall–Kier alpha value is -6.85. The Morgan fingerprint density at radius 1 is 0.480 bits per heavy atom. The van der Waals surface area contributed by atoms with Crippen LogP contribution in [0.25, 0.3) is 66.1 Å². The summed E-state index contributed by atoms with van der Waals surface area (Å²) in [6.45, 7) is 0. The van der Waals surface area contributed by atoms with Crippen molar-refractivity contribution in [2.24, 2.45) is 5.10 Å². The molecule has 0 spiro atoms. The number of benzene rings is 7. The fourth-order valence-corrected chi connectivity index (χ4v) is 7.51. The molecule has 50 heavy (non-hydrogen) atoms. The fraction of sp³-hybridized carbons (Fsp3) is 0. The number of nitrogens with one attached hydrogen (secondary N) is 2. The molecular weight excluding hydrogens is 613 g/mol. The van der Waals surface area contributed by atoms with Gasteiger partial charge in [0.05, 0.1) is 16.9 Å². The highest BCUT2D eigenvalue weighted by atomic mass is 16.3. The lowest BCUT2D eigenvalue weighted by atomic mass is 9.85. The first-order valence-electron chi connectivity index (χ1n) is 16.8. The van der Waals surface area contributed by atoms with Crippen molar-refractivity contribution in [1.82, 2.24) is 10.5 Å². The van der Waals surface area contributed by atoms with Crippen LogP contribution >= 0.6 is 0 Å². The summed E-state index contributed by atoms with van der Waals surface area (Å²) >= 11 is 0. The maximum absolute atomic E-state index is 6.40. The fourth-order valence-electron chi connectivity index (χ4n) is 7.51. The molecule has 0 atom stereocenters. The van der Waals surface area contributed by atoms with Gasteiger partial charge in [-0.2, -0.15) is 5.10 Å². The minimum absolute atomic E-state index is 0.826. The minimum atomic E-state index is 0.826. The topological polar surface area (TPSA) is 56.6 Å². The number of hydrogen-bond acceptors (Lipinski definition) is 4. The summed E-state index contributed by atoms with van der Waals surface area (Å²) in [5.41, 5.74) is 16.5. The monoisotopic (exact) mass is 642 g/mol. The molecule has 0 saturated carbocycles. The molecule has 9 aromatic rings. The standard InChI is InChI=1S/C45H30N4O/c1-3-15-29(16-4-1)31-19-7-8-21-33(31)42-44(36-24-14-28-40-41(36)35-22-10-12-27-39(35)50-40)47-48-49(30-17-5-2-6-18-30)45(42)37-25-13-23-34-32-20-9-11-26-38(32)46-43(34)37/h1-28,46,48H. The first-order chi connectivity index (χ1) is 24.8. The zero-order chi connectivity index (χ0) is 33.0. The first kappa shape index (κ1) is 28.2. The molecule has 0 amide bonds. The molecule has 0 unspecified atom stereocenters. The second kappa shape index (κ2) is 11.4. The second-order valence-corrected chi connectivity index (χ2v) is 12.5. The van der Waals surface area contributed by atoms with E-state index in [0.29, 0.717) is 0 Å². The highest BCUT2D eigenvalue weighted by molar-refractivity contribution is 6.42. The molecule has 5 heteroatoms. The van der Waals surface area contributed by atoms with Crippen LogP contribution in [0.4, 0.5) is 5.69 Å². The summed E-state index contributed by atoms with van der Waals surface area (Å²) in [4.78, 5) is 3.80. The van der Waals surface area contributed by atoms with Crippen molar-refractivity contribution in [2.75, 3.05) is 5.01 Å². The van der Waals surface area contributed by atoms with E-state index in [0.717, 1.165) is 83.5 Å². The van der Waals surface area contributed by atoms with E-state index in [4.69, 9.17) is 9.52 Å². The molecule has 0 bridgehead atoms. The van der Waals surface area contributed by atoms with E-state index in [-0.39, 0.29) is 0 Å². The van der Waals surface area contributed by atoms with Crippen molar-refractivity contribution in [3.05, 3.63) is 187 Å². The third kappa shape index (κ3) is 4.37. The zero-order valence-electron chi connectivity index (χ0n) is 27.0. The number of aromatic nitrogens is 1. The Morgan fingerprint density at radius 3 is 1.96 bits per heavy atom. The molecule has 2 aromatic heterocycles. The van der Waals surface area contributed by atoms with E-state index in [1.807, 2.05) is 24.3 Å². The molecule has 0 aliphatic carbocycles. The minimum Gasteiger partial charge on any atom is -0.456 e. The molecular formula is C45H30N4O. The lowest BCUT2D eigenvalue weighted by molar-refractivity contribution is 0.669. The molecule has 5 nitrogen and oxygen atoms in total. The number of furan rings is 1.